The summed E-state index contributed by atoms with van der Waals surface area (Å²) in [4.78, 5) is 30.1. The van der Waals surface area contributed by atoms with Crippen LogP contribution < -0.4 is 16.4 Å². The molecule has 84 valence electrons. The lowest BCUT2D eigenvalue weighted by atomic mass is 10.1. The van der Waals surface area contributed by atoms with Gasteiger partial charge >= 0.3 is 0 Å². The van der Waals surface area contributed by atoms with E-state index in [4.69, 9.17) is 5.73 Å². The molecule has 2 amide bonds. The number of hydrogen-bond donors (Lipinski definition) is 3. The quantitative estimate of drug-likeness (QED) is 0.568. The molecule has 0 aliphatic carbocycles. The summed E-state index contributed by atoms with van der Waals surface area (Å²) in [5, 5.41) is 5.13. The first-order valence-electron chi connectivity index (χ1n) is 4.83. The third kappa shape index (κ3) is 2.25. The number of rotatable bonds is 2. The largest absolute Gasteiger partial charge is 0.382 e. The summed E-state index contributed by atoms with van der Waals surface area (Å²) >= 11 is 0. The van der Waals surface area contributed by atoms with E-state index in [2.05, 4.69) is 20.6 Å². The molecule has 1 aliphatic heterocycles. The van der Waals surface area contributed by atoms with Crippen molar-refractivity contribution < 1.29 is 9.59 Å². The van der Waals surface area contributed by atoms with Crippen molar-refractivity contribution in [2.45, 2.75) is 18.9 Å². The van der Waals surface area contributed by atoms with Gasteiger partial charge in [-0.15, -0.1) is 0 Å². The molecule has 1 saturated heterocycles. The molecule has 0 radical (unpaired) electrons. The maximum Gasteiger partial charge on any atom is 0.249 e. The Kier molecular flexibility index (Phi) is 2.67. The summed E-state index contributed by atoms with van der Waals surface area (Å²) in [5.74, 6) is 0.193. The smallest absolute Gasteiger partial charge is 0.249 e. The van der Waals surface area contributed by atoms with Crippen molar-refractivity contribution in [2.24, 2.45) is 0 Å². The molecule has 0 saturated carbocycles. The minimum Gasteiger partial charge on any atom is -0.382 e. The Bertz CT molecular complexity index is 416. The molecule has 1 aromatic heterocycles. The molecule has 16 heavy (non-hydrogen) atoms. The van der Waals surface area contributed by atoms with Crippen LogP contribution in [0.4, 0.5) is 11.6 Å². The number of carbonyl (C=O) groups excluding carboxylic acids is 2. The fourth-order valence-electron chi connectivity index (χ4n) is 1.42. The first-order valence-corrected chi connectivity index (χ1v) is 4.83. The van der Waals surface area contributed by atoms with Crippen molar-refractivity contribution in [3.63, 3.8) is 0 Å². The molecule has 2 rings (SSSR count). The van der Waals surface area contributed by atoms with Crippen molar-refractivity contribution in [2.75, 3.05) is 11.1 Å². The lowest BCUT2D eigenvalue weighted by Crippen LogP contribution is -2.47. The molecule has 0 spiro atoms. The molecule has 7 heteroatoms. The first kappa shape index (κ1) is 10.3. The second kappa shape index (κ2) is 4.13. The fraction of sp³-hybridized carbons (Fsp3) is 0.333. The second-order valence-electron chi connectivity index (χ2n) is 3.47. The average Bonchev–Trinajstić information content (AvgIpc) is 2.25. The van der Waals surface area contributed by atoms with Gasteiger partial charge in [-0.05, 0) is 6.42 Å². The highest BCUT2D eigenvalue weighted by atomic mass is 16.2. The van der Waals surface area contributed by atoms with Crippen LogP contribution in [-0.2, 0) is 9.59 Å². The van der Waals surface area contributed by atoms with Crippen LogP contribution in [0.3, 0.4) is 0 Å². The molecule has 7 nitrogen and oxygen atoms in total. The van der Waals surface area contributed by atoms with Crippen LogP contribution in [0.15, 0.2) is 12.4 Å². The van der Waals surface area contributed by atoms with Gasteiger partial charge in [-0.1, -0.05) is 0 Å². The molecular formula is C9H11N5O2. The van der Waals surface area contributed by atoms with E-state index < -0.39 is 6.04 Å². The SMILES string of the molecule is Nc1cnc(NC2CCC(=O)NC2=O)cn1. The Morgan fingerprint density at radius 2 is 2.19 bits per heavy atom. The van der Waals surface area contributed by atoms with Crippen LogP contribution >= 0.6 is 0 Å². The zero-order valence-electron chi connectivity index (χ0n) is 8.43. The van der Waals surface area contributed by atoms with E-state index in [1.165, 1.54) is 12.4 Å². The number of piperidine rings is 1. The van der Waals surface area contributed by atoms with Crippen molar-refractivity contribution in [1.82, 2.24) is 15.3 Å². The fourth-order valence-corrected chi connectivity index (χ4v) is 1.42. The number of nitrogens with zero attached hydrogens (tertiary/aromatic N) is 2. The minimum atomic E-state index is -0.448. The van der Waals surface area contributed by atoms with E-state index in [1.807, 2.05) is 0 Å². The summed E-state index contributed by atoms with van der Waals surface area (Å²) in [7, 11) is 0. The van der Waals surface area contributed by atoms with Crippen LogP contribution in [-0.4, -0.2) is 27.8 Å². The molecule has 1 atom stereocenters. The van der Waals surface area contributed by atoms with Gasteiger partial charge in [0.25, 0.3) is 0 Å². The highest BCUT2D eigenvalue weighted by Gasteiger charge is 2.26. The molecule has 0 aromatic carbocycles. The Balaban J connectivity index is 2.02. The van der Waals surface area contributed by atoms with Crippen LogP contribution in [0.2, 0.25) is 0 Å². The number of aromatic nitrogens is 2. The van der Waals surface area contributed by atoms with Crippen LogP contribution in [0, 0.1) is 0 Å². The maximum absolute atomic E-state index is 11.4. The summed E-state index contributed by atoms with van der Waals surface area (Å²) in [6, 6.07) is -0.448. The number of nitrogens with two attached hydrogens (primary N) is 1. The van der Waals surface area contributed by atoms with E-state index in [0.717, 1.165) is 0 Å². The van der Waals surface area contributed by atoms with E-state index in [-0.39, 0.29) is 11.8 Å². The third-order valence-electron chi connectivity index (χ3n) is 2.23. The van der Waals surface area contributed by atoms with E-state index in [9.17, 15) is 9.59 Å². The van der Waals surface area contributed by atoms with E-state index in [0.29, 0.717) is 24.5 Å². The topological polar surface area (TPSA) is 110 Å². The zero-order chi connectivity index (χ0) is 11.5. The van der Waals surface area contributed by atoms with Crippen LogP contribution in [0.1, 0.15) is 12.8 Å². The van der Waals surface area contributed by atoms with Crippen molar-refractivity contribution >= 4 is 23.5 Å². The summed E-state index contributed by atoms with van der Waals surface area (Å²) < 4.78 is 0. The van der Waals surface area contributed by atoms with Gasteiger partial charge in [0, 0.05) is 6.42 Å². The minimum absolute atomic E-state index is 0.244. The third-order valence-corrected chi connectivity index (χ3v) is 2.23. The van der Waals surface area contributed by atoms with E-state index >= 15 is 0 Å². The number of nitrogen functional groups attached to an aromatic ring is 1. The summed E-state index contributed by atoms with van der Waals surface area (Å²) in [6.07, 6.45) is 3.62. The number of nitrogens with one attached hydrogen (secondary N) is 2. The standard InChI is InChI=1S/C9H11N5O2/c10-6-3-12-7(4-11-6)13-5-1-2-8(15)14-9(5)16/h3-5H,1-2H2,(H2,10,11)(H,12,13)(H,14,15,16). The van der Waals surface area contributed by atoms with Gasteiger partial charge in [0.1, 0.15) is 17.7 Å². The van der Waals surface area contributed by atoms with Gasteiger partial charge in [0.2, 0.25) is 11.8 Å². The van der Waals surface area contributed by atoms with Crippen molar-refractivity contribution in [1.29, 1.82) is 0 Å². The highest BCUT2D eigenvalue weighted by molar-refractivity contribution is 6.01. The van der Waals surface area contributed by atoms with Crippen molar-refractivity contribution in [3.05, 3.63) is 12.4 Å². The average molecular weight is 221 g/mol. The molecule has 2 heterocycles. The molecular weight excluding hydrogens is 210 g/mol. The van der Waals surface area contributed by atoms with Crippen LogP contribution in [0.25, 0.3) is 0 Å². The monoisotopic (exact) mass is 221 g/mol. The lowest BCUT2D eigenvalue weighted by Gasteiger charge is -2.21. The molecule has 1 aliphatic rings. The molecule has 1 aromatic rings. The molecule has 4 N–H and O–H groups in total. The Morgan fingerprint density at radius 3 is 2.81 bits per heavy atom. The number of carbonyl (C=O) groups is 2. The molecule has 1 unspecified atom stereocenters. The van der Waals surface area contributed by atoms with Gasteiger partial charge in [-0.3, -0.25) is 14.9 Å². The van der Waals surface area contributed by atoms with Gasteiger partial charge in [-0.25, -0.2) is 9.97 Å². The van der Waals surface area contributed by atoms with Gasteiger partial charge in [-0.2, -0.15) is 0 Å². The van der Waals surface area contributed by atoms with Crippen molar-refractivity contribution in [3.8, 4) is 0 Å². The molecule has 1 fully saturated rings. The zero-order valence-corrected chi connectivity index (χ0v) is 8.43. The van der Waals surface area contributed by atoms with Gasteiger partial charge < -0.3 is 11.1 Å². The van der Waals surface area contributed by atoms with Gasteiger partial charge in [0.15, 0.2) is 0 Å². The van der Waals surface area contributed by atoms with E-state index in [1.54, 1.807) is 0 Å². The highest BCUT2D eigenvalue weighted by Crippen LogP contribution is 2.10. The number of hydrogen-bond acceptors (Lipinski definition) is 6. The summed E-state index contributed by atoms with van der Waals surface area (Å²) in [6.45, 7) is 0. The van der Waals surface area contributed by atoms with Crippen LogP contribution in [0.5, 0.6) is 0 Å². The lowest BCUT2D eigenvalue weighted by molar-refractivity contribution is -0.133. The molecule has 0 bridgehead atoms. The second-order valence-corrected chi connectivity index (χ2v) is 3.47. The number of imide groups is 1. The maximum atomic E-state index is 11.4. The van der Waals surface area contributed by atoms with Gasteiger partial charge in [0.05, 0.1) is 12.4 Å². The Labute approximate surface area is 91.5 Å². The Hall–Kier alpha value is -2.18. The normalized spacial score (nSPS) is 20.4. The Morgan fingerprint density at radius 1 is 1.38 bits per heavy atom. The number of amides is 2. The number of anilines is 2. The first-order chi connectivity index (χ1) is 7.65. The predicted octanol–water partition coefficient (Wildman–Crippen LogP) is -0.724. The summed E-state index contributed by atoms with van der Waals surface area (Å²) in [5.41, 5.74) is 5.38. The predicted molar refractivity (Wildman–Crippen MR) is 56.2 cm³/mol.